The van der Waals surface area contributed by atoms with E-state index in [1.54, 1.807) is 41.4 Å². The van der Waals surface area contributed by atoms with Crippen molar-refractivity contribution in [2.75, 3.05) is 24.0 Å². The van der Waals surface area contributed by atoms with Crippen LogP contribution < -0.4 is 10.2 Å². The maximum Gasteiger partial charge on any atom is 0.276 e. The van der Waals surface area contributed by atoms with E-state index in [-0.39, 0.29) is 12.6 Å². The molecule has 4 heterocycles. The highest BCUT2D eigenvalue weighted by Gasteiger charge is 2.16. The number of aliphatic hydroxyl groups excluding tert-OH is 1. The molecule has 1 aromatic carbocycles. The number of aliphatic hydroxyl groups is 1. The number of rotatable bonds is 7. The molecule has 11 nitrogen and oxygen atoms in total. The number of H-pyrrole nitrogens is 2. The van der Waals surface area contributed by atoms with E-state index in [1.165, 1.54) is 11.3 Å². The fraction of sp³-hybridized carbons (Fsp3) is 0.150. The van der Waals surface area contributed by atoms with Crippen LogP contribution in [0, 0.1) is 0 Å². The molecular weight excluding hydrogens is 430 g/mol. The van der Waals surface area contributed by atoms with E-state index in [0.29, 0.717) is 17.9 Å². The van der Waals surface area contributed by atoms with Crippen molar-refractivity contribution in [3.63, 3.8) is 0 Å². The monoisotopic (exact) mass is 449 g/mol. The van der Waals surface area contributed by atoms with Crippen LogP contribution in [0.5, 0.6) is 0 Å². The van der Waals surface area contributed by atoms with Crippen molar-refractivity contribution in [2.24, 2.45) is 0 Å². The normalized spacial score (nSPS) is 11.2. The Bertz CT molecular complexity index is 1370. The largest absolute Gasteiger partial charge is 0.376 e. The summed E-state index contributed by atoms with van der Waals surface area (Å²) in [6.07, 6.45) is 6.86. The molecule has 0 saturated carbocycles. The summed E-state index contributed by atoms with van der Waals surface area (Å²) in [5.74, 6) is -0.327. The fourth-order valence-corrected chi connectivity index (χ4v) is 4.03. The van der Waals surface area contributed by atoms with Crippen molar-refractivity contribution >= 4 is 39.0 Å². The van der Waals surface area contributed by atoms with Crippen molar-refractivity contribution in [1.82, 2.24) is 35.2 Å². The minimum absolute atomic E-state index is 0.0998. The van der Waals surface area contributed by atoms with E-state index in [2.05, 4.69) is 35.8 Å². The van der Waals surface area contributed by atoms with Crippen LogP contribution in [0.4, 0.5) is 10.8 Å². The van der Waals surface area contributed by atoms with Crippen molar-refractivity contribution in [3.05, 3.63) is 59.8 Å². The zero-order valence-electron chi connectivity index (χ0n) is 17.0. The second-order valence-electron chi connectivity index (χ2n) is 7.16. The van der Waals surface area contributed by atoms with Gasteiger partial charge in [0.05, 0.1) is 35.8 Å². The third kappa shape index (κ3) is 3.84. The van der Waals surface area contributed by atoms with Gasteiger partial charge in [0, 0.05) is 35.8 Å². The van der Waals surface area contributed by atoms with Crippen molar-refractivity contribution < 1.29 is 9.90 Å². The van der Waals surface area contributed by atoms with Gasteiger partial charge in [-0.3, -0.25) is 19.7 Å². The van der Waals surface area contributed by atoms with Gasteiger partial charge in [0.15, 0.2) is 10.8 Å². The Kier molecular flexibility index (Phi) is 5.13. The smallest absolute Gasteiger partial charge is 0.276 e. The topological polar surface area (TPSA) is 141 Å². The molecule has 0 aliphatic carbocycles. The number of nitrogens with zero attached hydrogens (tertiary/aromatic N) is 6. The molecule has 162 valence electrons. The number of thiazole rings is 1. The summed E-state index contributed by atoms with van der Waals surface area (Å²) < 4.78 is 1.69. The van der Waals surface area contributed by atoms with Crippen LogP contribution in [0.1, 0.15) is 16.2 Å². The van der Waals surface area contributed by atoms with Gasteiger partial charge in [-0.2, -0.15) is 15.3 Å². The summed E-state index contributed by atoms with van der Waals surface area (Å²) in [5.41, 5.74) is 4.37. The molecule has 0 atom stereocenters. The molecule has 0 radical (unpaired) electrons. The number of aromatic nitrogens is 7. The summed E-state index contributed by atoms with van der Waals surface area (Å²) in [6.45, 7) is 0.352. The van der Waals surface area contributed by atoms with Crippen LogP contribution in [0.2, 0.25) is 0 Å². The Labute approximate surface area is 185 Å². The van der Waals surface area contributed by atoms with Gasteiger partial charge >= 0.3 is 0 Å². The van der Waals surface area contributed by atoms with Crippen LogP contribution in [-0.2, 0) is 6.54 Å². The predicted molar refractivity (Wildman–Crippen MR) is 121 cm³/mol. The highest BCUT2D eigenvalue weighted by Crippen LogP contribution is 2.25. The SMILES string of the molecule is CN(CO)c1nc(Cn2cc(NC(=O)c3n[nH]c4cc(-c5cn[nH]c5)ccc34)cn2)cs1. The predicted octanol–water partition coefficient (Wildman–Crippen LogP) is 2.29. The third-order valence-corrected chi connectivity index (χ3v) is 5.91. The molecule has 0 fully saturated rings. The number of carbonyl (C=O) groups is 1. The summed E-state index contributed by atoms with van der Waals surface area (Å²) in [7, 11) is 1.77. The Morgan fingerprint density at radius 2 is 2.22 bits per heavy atom. The van der Waals surface area contributed by atoms with E-state index >= 15 is 0 Å². The van der Waals surface area contributed by atoms with Crippen LogP contribution in [0.3, 0.4) is 0 Å². The van der Waals surface area contributed by atoms with Crippen molar-refractivity contribution in [1.29, 1.82) is 0 Å². The Hall–Kier alpha value is -4.03. The third-order valence-electron chi connectivity index (χ3n) is 4.90. The molecule has 12 heteroatoms. The molecular formula is C20H19N9O2S. The molecule has 32 heavy (non-hydrogen) atoms. The van der Waals surface area contributed by atoms with Gasteiger partial charge in [-0.05, 0) is 17.7 Å². The number of amides is 1. The maximum absolute atomic E-state index is 12.8. The lowest BCUT2D eigenvalue weighted by Crippen LogP contribution is -2.17. The zero-order valence-corrected chi connectivity index (χ0v) is 17.8. The molecule has 0 saturated heterocycles. The second-order valence-corrected chi connectivity index (χ2v) is 8.00. The number of benzene rings is 1. The Morgan fingerprint density at radius 1 is 1.31 bits per heavy atom. The van der Waals surface area contributed by atoms with Crippen LogP contribution in [0.25, 0.3) is 22.0 Å². The van der Waals surface area contributed by atoms with E-state index < -0.39 is 0 Å². The standard InChI is InChI=1S/C20H19N9O2S/c1-28(11-30)20-25-15(10-32-20)9-29-8-14(7-23-29)24-19(31)18-16-3-2-12(4-17(16)26-27-18)13-5-21-22-6-13/h2-8,10,30H,9,11H2,1H3,(H,21,22)(H,24,31)(H,26,27). The molecule has 0 spiro atoms. The van der Waals surface area contributed by atoms with Gasteiger partial charge in [-0.1, -0.05) is 6.07 Å². The molecule has 1 amide bonds. The average molecular weight is 450 g/mol. The van der Waals surface area contributed by atoms with Crippen LogP contribution >= 0.6 is 11.3 Å². The minimum Gasteiger partial charge on any atom is -0.376 e. The first kappa shape index (κ1) is 19.9. The lowest BCUT2D eigenvalue weighted by molar-refractivity contribution is 0.102. The quantitative estimate of drug-likeness (QED) is 0.279. The zero-order chi connectivity index (χ0) is 22.1. The Balaban J connectivity index is 1.29. The van der Waals surface area contributed by atoms with Gasteiger partial charge in [0.1, 0.15) is 6.73 Å². The summed E-state index contributed by atoms with van der Waals surface area (Å²) in [4.78, 5) is 18.9. The molecule has 4 aromatic heterocycles. The summed E-state index contributed by atoms with van der Waals surface area (Å²) >= 11 is 1.45. The highest BCUT2D eigenvalue weighted by atomic mass is 32.1. The van der Waals surface area contributed by atoms with Gasteiger partial charge in [0.25, 0.3) is 5.91 Å². The van der Waals surface area contributed by atoms with Crippen molar-refractivity contribution in [3.8, 4) is 11.1 Å². The number of fused-ring (bicyclic) bond motifs is 1. The van der Waals surface area contributed by atoms with Crippen LogP contribution in [0.15, 0.2) is 48.4 Å². The second kappa shape index (κ2) is 8.24. The molecule has 0 unspecified atom stereocenters. The molecule has 0 bridgehead atoms. The number of nitrogens with one attached hydrogen (secondary N) is 3. The summed E-state index contributed by atoms with van der Waals surface area (Å²) in [6, 6.07) is 5.72. The molecule has 0 aliphatic heterocycles. The van der Waals surface area contributed by atoms with E-state index in [1.807, 2.05) is 23.6 Å². The van der Waals surface area contributed by atoms with E-state index in [9.17, 15) is 9.90 Å². The molecule has 4 N–H and O–H groups in total. The maximum atomic E-state index is 12.8. The molecule has 0 aliphatic rings. The molecule has 5 aromatic rings. The van der Waals surface area contributed by atoms with E-state index in [0.717, 1.165) is 32.9 Å². The van der Waals surface area contributed by atoms with Gasteiger partial charge in [0.2, 0.25) is 0 Å². The Morgan fingerprint density at radius 3 is 3.03 bits per heavy atom. The molecule has 5 rings (SSSR count). The first-order chi connectivity index (χ1) is 15.6. The number of aromatic amines is 2. The fourth-order valence-electron chi connectivity index (χ4n) is 3.26. The number of anilines is 2. The summed E-state index contributed by atoms with van der Waals surface area (Å²) in [5, 5.41) is 33.6. The van der Waals surface area contributed by atoms with Crippen molar-refractivity contribution in [2.45, 2.75) is 6.54 Å². The van der Waals surface area contributed by atoms with E-state index in [4.69, 9.17) is 0 Å². The lowest BCUT2D eigenvalue weighted by Gasteiger charge is -2.10. The van der Waals surface area contributed by atoms with Gasteiger partial charge < -0.3 is 15.3 Å². The number of carbonyl (C=O) groups excluding carboxylic acids is 1. The lowest BCUT2D eigenvalue weighted by atomic mass is 10.1. The van der Waals surface area contributed by atoms with Gasteiger partial charge in [-0.25, -0.2) is 4.98 Å². The minimum atomic E-state index is -0.327. The van der Waals surface area contributed by atoms with Gasteiger partial charge in [-0.15, -0.1) is 11.3 Å². The first-order valence-electron chi connectivity index (χ1n) is 9.68. The number of hydrogen-bond donors (Lipinski definition) is 4. The first-order valence-corrected chi connectivity index (χ1v) is 10.6. The van der Waals surface area contributed by atoms with Crippen LogP contribution in [-0.4, -0.2) is 60.0 Å². The highest BCUT2D eigenvalue weighted by molar-refractivity contribution is 7.13. The number of hydrogen-bond acceptors (Lipinski definition) is 8. The average Bonchev–Trinajstić information content (AvgIpc) is 3.59.